The summed E-state index contributed by atoms with van der Waals surface area (Å²) >= 11 is 16.7. The number of alkyl halides is 3. The van der Waals surface area contributed by atoms with Crippen molar-refractivity contribution in [2.75, 3.05) is 6.61 Å². The van der Waals surface area contributed by atoms with Crippen LogP contribution in [0, 0.1) is 0 Å². The molecule has 0 aromatic heterocycles. The highest BCUT2D eigenvalue weighted by Gasteiger charge is 2.51. The van der Waals surface area contributed by atoms with Gasteiger partial charge in [-0.25, -0.2) is 4.79 Å². The van der Waals surface area contributed by atoms with Crippen LogP contribution >= 0.6 is 34.8 Å². The van der Waals surface area contributed by atoms with Crippen LogP contribution in [0.3, 0.4) is 0 Å². The van der Waals surface area contributed by atoms with Gasteiger partial charge in [0, 0.05) is 6.92 Å². The maximum absolute atomic E-state index is 12.7. The summed E-state index contributed by atoms with van der Waals surface area (Å²) in [6.07, 6.45) is -7.00. The van der Waals surface area contributed by atoms with Gasteiger partial charge in [0.2, 0.25) is 6.29 Å². The first-order chi connectivity index (χ1) is 21.6. The Bertz CT molecular complexity index is 1380. The molecular weight excluding hydrogens is 649 g/mol. The van der Waals surface area contributed by atoms with Gasteiger partial charge in [0.25, 0.3) is 9.70 Å². The van der Waals surface area contributed by atoms with Crippen molar-refractivity contribution in [3.63, 3.8) is 0 Å². The minimum Gasteiger partial charge on any atom is -0.453 e. The molecule has 0 bridgehead atoms. The van der Waals surface area contributed by atoms with Gasteiger partial charge in [-0.1, -0.05) is 126 Å². The van der Waals surface area contributed by atoms with E-state index in [0.717, 1.165) is 16.7 Å². The molecule has 0 saturated carbocycles. The molecule has 2 amide bonds. The molecular formula is C32H32Cl3NO9. The number of carbonyl (C=O) groups excluding carboxylic acids is 3. The van der Waals surface area contributed by atoms with Gasteiger partial charge in [0.05, 0.1) is 26.4 Å². The number of amides is 2. The number of nitrogens with one attached hydrogen (secondary N) is 1. The van der Waals surface area contributed by atoms with E-state index in [1.807, 2.05) is 96.3 Å². The molecule has 1 saturated heterocycles. The smallest absolute Gasteiger partial charge is 0.416 e. The maximum atomic E-state index is 12.7. The summed E-state index contributed by atoms with van der Waals surface area (Å²) in [6.45, 7) is 1.66. The Hall–Kier alpha value is -3.22. The molecule has 1 aliphatic rings. The number of rotatable bonds is 12. The zero-order chi connectivity index (χ0) is 32.2. The summed E-state index contributed by atoms with van der Waals surface area (Å²) < 4.78 is 33.5. The van der Waals surface area contributed by atoms with Crippen molar-refractivity contribution in [2.45, 2.75) is 61.2 Å². The zero-order valence-corrected chi connectivity index (χ0v) is 26.5. The van der Waals surface area contributed by atoms with Crippen LogP contribution in [0.4, 0.5) is 4.79 Å². The van der Waals surface area contributed by atoms with E-state index in [4.69, 9.17) is 63.2 Å². The summed E-state index contributed by atoms with van der Waals surface area (Å²) in [7, 11) is 0. The van der Waals surface area contributed by atoms with E-state index < -0.39 is 52.5 Å². The van der Waals surface area contributed by atoms with Gasteiger partial charge in [-0.2, -0.15) is 0 Å². The van der Waals surface area contributed by atoms with Crippen molar-refractivity contribution in [2.24, 2.45) is 0 Å². The molecule has 10 nitrogen and oxygen atoms in total. The average Bonchev–Trinajstić information content (AvgIpc) is 3.01. The third kappa shape index (κ3) is 11.0. The highest BCUT2D eigenvalue weighted by atomic mass is 35.6. The summed E-state index contributed by atoms with van der Waals surface area (Å²) in [5.41, 5.74) is 2.62. The topological polar surface area (TPSA) is 119 Å². The molecule has 1 N–H and O–H groups in total. The van der Waals surface area contributed by atoms with E-state index in [1.54, 1.807) is 0 Å². The second-order valence-electron chi connectivity index (χ2n) is 10.00. The molecule has 240 valence electrons. The standard InChI is InChI=1S/C32H32Cl3NO9/c1-21(37)43-28-27(42-19-24-15-9-4-10-16-24)26(41-18-23-13-7-3-8-14-23)25(20-40-17-22-11-5-2-6-12-22)44-29(28)45-31(39)36-30(38)32(33,34)35/h2-16,25-29H,17-20H2,1H3,(H,36,38,39)/t25-,26-,27+,28-,29?/m1/s1. The van der Waals surface area contributed by atoms with Crippen LogP contribution in [-0.4, -0.2) is 59.1 Å². The minimum atomic E-state index is -2.44. The molecule has 13 heteroatoms. The number of ether oxygens (including phenoxy) is 6. The van der Waals surface area contributed by atoms with Crippen molar-refractivity contribution in [3.8, 4) is 0 Å². The zero-order valence-electron chi connectivity index (χ0n) is 24.2. The van der Waals surface area contributed by atoms with Crippen molar-refractivity contribution in [1.29, 1.82) is 0 Å². The normalized spacial score (nSPS) is 21.5. The SMILES string of the molecule is CC(=O)O[C@H]1C(OC(=O)NC(=O)C(Cl)(Cl)Cl)O[C@H](COCc2ccccc2)[C@@H](OCc2ccccc2)[C@@H]1OCc1ccccc1. The number of hydrogen-bond donors (Lipinski definition) is 1. The Labute approximate surface area is 275 Å². The molecule has 4 rings (SSSR count). The fraction of sp³-hybridized carbons (Fsp3) is 0.344. The highest BCUT2D eigenvalue weighted by molar-refractivity contribution is 6.76. The molecule has 1 fully saturated rings. The first kappa shape index (κ1) is 34.6. The monoisotopic (exact) mass is 679 g/mol. The lowest BCUT2D eigenvalue weighted by Crippen LogP contribution is -2.62. The van der Waals surface area contributed by atoms with Crippen LogP contribution in [0.15, 0.2) is 91.0 Å². The molecule has 1 unspecified atom stereocenters. The average molecular weight is 681 g/mol. The maximum Gasteiger partial charge on any atom is 0.416 e. The molecule has 45 heavy (non-hydrogen) atoms. The van der Waals surface area contributed by atoms with Gasteiger partial charge in [0.15, 0.2) is 6.10 Å². The van der Waals surface area contributed by atoms with Crippen LogP contribution in [-0.2, 0) is 57.8 Å². The second kappa shape index (κ2) is 16.9. The minimum absolute atomic E-state index is 0.0269. The number of benzene rings is 3. The van der Waals surface area contributed by atoms with E-state index in [9.17, 15) is 14.4 Å². The number of halogens is 3. The van der Waals surface area contributed by atoms with Gasteiger partial charge in [-0.05, 0) is 16.7 Å². The summed E-state index contributed by atoms with van der Waals surface area (Å²) in [5, 5.41) is 1.83. The largest absolute Gasteiger partial charge is 0.453 e. The Morgan fingerprint density at radius 1 is 0.711 bits per heavy atom. The lowest BCUT2D eigenvalue weighted by atomic mass is 9.98. The predicted molar refractivity (Wildman–Crippen MR) is 165 cm³/mol. The quantitative estimate of drug-likeness (QED) is 0.191. The van der Waals surface area contributed by atoms with Gasteiger partial charge in [-0.3, -0.25) is 14.9 Å². The Morgan fingerprint density at radius 2 is 1.20 bits per heavy atom. The predicted octanol–water partition coefficient (Wildman–Crippen LogP) is 5.65. The Balaban J connectivity index is 1.63. The van der Waals surface area contributed by atoms with Crippen LogP contribution < -0.4 is 5.32 Å². The third-order valence-electron chi connectivity index (χ3n) is 6.55. The van der Waals surface area contributed by atoms with Gasteiger partial charge in [-0.15, -0.1) is 0 Å². The highest BCUT2D eigenvalue weighted by Crippen LogP contribution is 2.32. The van der Waals surface area contributed by atoms with Crippen LogP contribution in [0.2, 0.25) is 0 Å². The molecule has 0 spiro atoms. The van der Waals surface area contributed by atoms with E-state index in [-0.39, 0.29) is 26.4 Å². The molecule has 5 atom stereocenters. The van der Waals surface area contributed by atoms with Crippen LogP contribution in [0.25, 0.3) is 0 Å². The molecule has 3 aromatic carbocycles. The van der Waals surface area contributed by atoms with Crippen LogP contribution in [0.1, 0.15) is 23.6 Å². The van der Waals surface area contributed by atoms with Crippen molar-refractivity contribution in [1.82, 2.24) is 5.32 Å². The summed E-state index contributed by atoms with van der Waals surface area (Å²) in [6, 6.07) is 28.2. The lowest BCUT2D eigenvalue weighted by Gasteiger charge is -2.44. The van der Waals surface area contributed by atoms with Crippen LogP contribution in [0.5, 0.6) is 0 Å². The molecule has 3 aromatic rings. The molecule has 0 aliphatic carbocycles. The van der Waals surface area contributed by atoms with Gasteiger partial charge in [0.1, 0.15) is 18.3 Å². The van der Waals surface area contributed by atoms with E-state index in [1.165, 1.54) is 6.92 Å². The van der Waals surface area contributed by atoms with E-state index >= 15 is 0 Å². The molecule has 1 aliphatic heterocycles. The van der Waals surface area contributed by atoms with E-state index in [2.05, 4.69) is 0 Å². The second-order valence-corrected chi connectivity index (χ2v) is 12.3. The summed E-state index contributed by atoms with van der Waals surface area (Å²) in [4.78, 5) is 37.2. The van der Waals surface area contributed by atoms with Crippen molar-refractivity contribution < 1.29 is 42.8 Å². The number of imide groups is 1. The fourth-order valence-corrected chi connectivity index (χ4v) is 4.66. The Kier molecular flexibility index (Phi) is 13.0. The number of carbonyl (C=O) groups is 3. The van der Waals surface area contributed by atoms with E-state index in [0.29, 0.717) is 0 Å². The van der Waals surface area contributed by atoms with Crippen molar-refractivity contribution in [3.05, 3.63) is 108 Å². The fourth-order valence-electron chi connectivity index (χ4n) is 4.51. The first-order valence-corrected chi connectivity index (χ1v) is 15.1. The Morgan fingerprint density at radius 3 is 1.69 bits per heavy atom. The van der Waals surface area contributed by atoms with Gasteiger partial charge >= 0.3 is 12.1 Å². The number of alkyl carbamates (subject to hydrolysis) is 1. The number of esters is 1. The number of hydrogen-bond acceptors (Lipinski definition) is 9. The third-order valence-corrected chi connectivity index (χ3v) is 7.07. The molecule has 1 heterocycles. The molecule has 0 radical (unpaired) electrons. The lowest BCUT2D eigenvalue weighted by molar-refractivity contribution is -0.308. The summed E-state index contributed by atoms with van der Waals surface area (Å²) in [5.74, 6) is -1.95. The van der Waals surface area contributed by atoms with Gasteiger partial charge < -0.3 is 28.4 Å². The van der Waals surface area contributed by atoms with Crippen molar-refractivity contribution >= 4 is 52.8 Å². The first-order valence-electron chi connectivity index (χ1n) is 13.9.